The van der Waals surface area contributed by atoms with Gasteiger partial charge in [-0.2, -0.15) is 0 Å². The molecule has 0 saturated carbocycles. The van der Waals surface area contributed by atoms with Crippen LogP contribution in [-0.2, 0) is 4.79 Å². The fourth-order valence-electron chi connectivity index (χ4n) is 1.50. The normalized spacial score (nSPS) is 12.8. The summed E-state index contributed by atoms with van der Waals surface area (Å²) in [4.78, 5) is 16.1. The molecule has 0 aromatic carbocycles. The van der Waals surface area contributed by atoms with Crippen molar-refractivity contribution in [3.63, 3.8) is 0 Å². The van der Waals surface area contributed by atoms with Gasteiger partial charge < -0.3 is 11.1 Å². The Balaban J connectivity index is 2.55. The van der Waals surface area contributed by atoms with E-state index in [2.05, 4.69) is 24.1 Å². The summed E-state index contributed by atoms with van der Waals surface area (Å²) in [5.74, 6) is 0.326. The highest BCUT2D eigenvalue weighted by atomic mass is 32.1. The lowest BCUT2D eigenvalue weighted by Gasteiger charge is -2.15. The molecule has 90 valence electrons. The topological polar surface area (TPSA) is 68.0 Å². The third-order valence-corrected chi connectivity index (χ3v) is 3.14. The fourth-order valence-corrected chi connectivity index (χ4v) is 2.19. The Morgan fingerprint density at radius 3 is 2.75 bits per heavy atom. The summed E-state index contributed by atoms with van der Waals surface area (Å²) < 4.78 is 0. The highest BCUT2D eigenvalue weighted by Gasteiger charge is 2.18. The average molecular weight is 241 g/mol. The van der Waals surface area contributed by atoms with Crippen LogP contribution in [0.2, 0.25) is 0 Å². The Morgan fingerprint density at radius 2 is 2.31 bits per heavy atom. The average Bonchev–Trinajstić information content (AvgIpc) is 2.60. The minimum Gasteiger partial charge on any atom is -0.330 e. The number of nitrogens with zero attached hydrogens (tertiary/aromatic N) is 1. The first-order valence-electron chi connectivity index (χ1n) is 5.46. The number of hydrogen-bond acceptors (Lipinski definition) is 4. The van der Waals surface area contributed by atoms with Gasteiger partial charge in [-0.05, 0) is 19.3 Å². The van der Waals surface area contributed by atoms with Crippen molar-refractivity contribution < 1.29 is 4.79 Å². The molecule has 0 fully saturated rings. The lowest BCUT2D eigenvalue weighted by molar-refractivity contribution is -0.120. The Labute approximate surface area is 100 Å². The van der Waals surface area contributed by atoms with Gasteiger partial charge in [0.05, 0.1) is 11.6 Å². The summed E-state index contributed by atoms with van der Waals surface area (Å²) in [6, 6.07) is 0. The number of anilines is 1. The summed E-state index contributed by atoms with van der Waals surface area (Å²) >= 11 is 1.44. The first kappa shape index (κ1) is 13.1. The van der Waals surface area contributed by atoms with Crippen LogP contribution < -0.4 is 11.1 Å². The van der Waals surface area contributed by atoms with Gasteiger partial charge in [-0.1, -0.05) is 13.8 Å². The van der Waals surface area contributed by atoms with Crippen LogP contribution in [0.25, 0.3) is 0 Å². The van der Waals surface area contributed by atoms with Crippen molar-refractivity contribution in [2.75, 3.05) is 11.9 Å². The number of carbonyl (C=O) groups excluding carboxylic acids is 1. The second-order valence-corrected chi connectivity index (χ2v) is 5.20. The number of rotatable bonds is 5. The predicted molar refractivity (Wildman–Crippen MR) is 67.5 cm³/mol. The van der Waals surface area contributed by atoms with Gasteiger partial charge in [-0.3, -0.25) is 4.79 Å². The Hall–Kier alpha value is -0.940. The number of carbonyl (C=O) groups is 1. The van der Waals surface area contributed by atoms with Crippen LogP contribution in [0.15, 0.2) is 5.38 Å². The lowest BCUT2D eigenvalue weighted by atomic mass is 9.96. The van der Waals surface area contributed by atoms with Gasteiger partial charge in [0.25, 0.3) is 0 Å². The zero-order chi connectivity index (χ0) is 12.1. The number of aromatic nitrogens is 1. The molecule has 1 aromatic rings. The quantitative estimate of drug-likeness (QED) is 0.828. The van der Waals surface area contributed by atoms with Crippen molar-refractivity contribution in [3.8, 4) is 0 Å². The third-order valence-electron chi connectivity index (χ3n) is 2.26. The molecule has 0 bridgehead atoms. The maximum Gasteiger partial charge on any atom is 0.230 e. The van der Waals surface area contributed by atoms with Crippen LogP contribution in [0, 0.1) is 18.8 Å². The molecule has 0 radical (unpaired) electrons. The monoisotopic (exact) mass is 241 g/mol. The van der Waals surface area contributed by atoms with Gasteiger partial charge in [0.2, 0.25) is 5.91 Å². The van der Waals surface area contributed by atoms with Crippen molar-refractivity contribution >= 4 is 22.4 Å². The number of nitrogens with one attached hydrogen (secondary N) is 1. The SMILES string of the molecule is Cc1csc(NC(=O)C(CN)CC(C)C)n1. The number of hydrogen-bond donors (Lipinski definition) is 2. The van der Waals surface area contributed by atoms with E-state index < -0.39 is 0 Å². The van der Waals surface area contributed by atoms with Crippen LogP contribution in [0.4, 0.5) is 5.13 Å². The smallest absolute Gasteiger partial charge is 0.230 e. The van der Waals surface area contributed by atoms with Gasteiger partial charge in [-0.15, -0.1) is 11.3 Å². The molecule has 1 atom stereocenters. The second kappa shape index (κ2) is 5.96. The van der Waals surface area contributed by atoms with E-state index in [1.165, 1.54) is 11.3 Å². The Morgan fingerprint density at radius 1 is 1.62 bits per heavy atom. The van der Waals surface area contributed by atoms with Gasteiger partial charge in [0, 0.05) is 11.9 Å². The summed E-state index contributed by atoms with van der Waals surface area (Å²) in [5.41, 5.74) is 6.53. The van der Waals surface area contributed by atoms with E-state index in [0.29, 0.717) is 17.6 Å². The van der Waals surface area contributed by atoms with Gasteiger partial charge >= 0.3 is 0 Å². The lowest BCUT2D eigenvalue weighted by Crippen LogP contribution is -2.30. The molecule has 0 aliphatic heterocycles. The molecule has 0 aliphatic carbocycles. The van der Waals surface area contributed by atoms with Gasteiger partial charge in [-0.25, -0.2) is 4.98 Å². The molecule has 1 heterocycles. The summed E-state index contributed by atoms with van der Waals surface area (Å²) in [5, 5.41) is 5.38. The minimum atomic E-state index is -0.121. The fraction of sp³-hybridized carbons (Fsp3) is 0.636. The maximum atomic E-state index is 11.9. The van der Waals surface area contributed by atoms with Crippen molar-refractivity contribution in [3.05, 3.63) is 11.1 Å². The van der Waals surface area contributed by atoms with E-state index in [-0.39, 0.29) is 11.8 Å². The first-order chi connectivity index (χ1) is 7.52. The molecule has 0 aliphatic rings. The molecule has 1 aromatic heterocycles. The van der Waals surface area contributed by atoms with Crippen molar-refractivity contribution in [2.45, 2.75) is 27.2 Å². The summed E-state index contributed by atoms with van der Waals surface area (Å²) in [7, 11) is 0. The van der Waals surface area contributed by atoms with E-state index in [4.69, 9.17) is 5.73 Å². The largest absolute Gasteiger partial charge is 0.330 e. The van der Waals surface area contributed by atoms with E-state index in [0.717, 1.165) is 12.1 Å². The third kappa shape index (κ3) is 3.90. The van der Waals surface area contributed by atoms with E-state index in [1.54, 1.807) is 0 Å². The van der Waals surface area contributed by atoms with Gasteiger partial charge in [0.1, 0.15) is 0 Å². The molecule has 4 nitrogen and oxygen atoms in total. The Kier molecular flexibility index (Phi) is 4.89. The summed E-state index contributed by atoms with van der Waals surface area (Å²) in [6.45, 7) is 6.46. The molecule has 1 rings (SSSR count). The number of aryl methyl sites for hydroxylation is 1. The second-order valence-electron chi connectivity index (χ2n) is 4.35. The molecular formula is C11H19N3OS. The van der Waals surface area contributed by atoms with Crippen LogP contribution in [0.1, 0.15) is 26.0 Å². The molecular weight excluding hydrogens is 222 g/mol. The van der Waals surface area contributed by atoms with Crippen molar-refractivity contribution in [2.24, 2.45) is 17.6 Å². The minimum absolute atomic E-state index is 0.0226. The summed E-state index contributed by atoms with van der Waals surface area (Å²) in [6.07, 6.45) is 0.812. The molecule has 1 unspecified atom stereocenters. The standard InChI is InChI=1S/C11H19N3OS/c1-7(2)4-9(5-12)10(15)14-11-13-8(3)6-16-11/h6-7,9H,4-5,12H2,1-3H3,(H,13,14,15). The van der Waals surface area contributed by atoms with Gasteiger partial charge in [0.15, 0.2) is 5.13 Å². The first-order valence-corrected chi connectivity index (χ1v) is 6.34. The van der Waals surface area contributed by atoms with Crippen LogP contribution in [0.3, 0.4) is 0 Å². The van der Waals surface area contributed by atoms with Crippen LogP contribution in [0.5, 0.6) is 0 Å². The predicted octanol–water partition coefficient (Wildman–Crippen LogP) is 2.01. The van der Waals surface area contributed by atoms with E-state index in [1.807, 2.05) is 12.3 Å². The zero-order valence-electron chi connectivity index (χ0n) is 9.99. The molecule has 3 N–H and O–H groups in total. The highest BCUT2D eigenvalue weighted by molar-refractivity contribution is 7.13. The molecule has 1 amide bonds. The van der Waals surface area contributed by atoms with Crippen LogP contribution >= 0.6 is 11.3 Å². The van der Waals surface area contributed by atoms with E-state index >= 15 is 0 Å². The molecule has 5 heteroatoms. The molecule has 0 saturated heterocycles. The number of nitrogens with two attached hydrogens (primary N) is 1. The van der Waals surface area contributed by atoms with E-state index in [9.17, 15) is 4.79 Å². The highest BCUT2D eigenvalue weighted by Crippen LogP contribution is 2.17. The molecule has 0 spiro atoms. The molecule has 16 heavy (non-hydrogen) atoms. The maximum absolute atomic E-state index is 11.9. The Bertz CT molecular complexity index is 349. The number of thiazole rings is 1. The zero-order valence-corrected chi connectivity index (χ0v) is 10.8. The van der Waals surface area contributed by atoms with Crippen molar-refractivity contribution in [1.29, 1.82) is 0 Å². The van der Waals surface area contributed by atoms with Crippen LogP contribution in [-0.4, -0.2) is 17.4 Å². The van der Waals surface area contributed by atoms with Crippen molar-refractivity contribution in [1.82, 2.24) is 4.98 Å². The number of amides is 1.